The molecular weight excluding hydrogens is 246 g/mol. The summed E-state index contributed by atoms with van der Waals surface area (Å²) in [6.07, 6.45) is 6.64. The third-order valence-electron chi connectivity index (χ3n) is 3.66. The van der Waals surface area contributed by atoms with Gasteiger partial charge in [-0.15, -0.1) is 11.3 Å². The minimum atomic E-state index is 0.550. The lowest BCUT2D eigenvalue weighted by molar-refractivity contribution is 0.181. The number of nitrogens with zero attached hydrogens (tertiary/aromatic N) is 2. The van der Waals surface area contributed by atoms with Crippen molar-refractivity contribution >= 4 is 16.5 Å². The van der Waals surface area contributed by atoms with Crippen LogP contribution in [0.4, 0.5) is 5.13 Å². The molecule has 0 radical (unpaired) electrons. The zero-order valence-corrected chi connectivity index (χ0v) is 12.1. The second-order valence-electron chi connectivity index (χ2n) is 4.91. The highest BCUT2D eigenvalue weighted by Gasteiger charge is 2.21. The molecule has 2 rings (SSSR count). The lowest BCUT2D eigenvalue weighted by Crippen LogP contribution is -2.33. The summed E-state index contributed by atoms with van der Waals surface area (Å²) < 4.78 is 5.18. The summed E-state index contributed by atoms with van der Waals surface area (Å²) in [5.41, 5.74) is 6.77. The molecule has 0 bridgehead atoms. The number of nitrogens with two attached hydrogens (primary N) is 1. The highest BCUT2D eigenvalue weighted by molar-refractivity contribution is 7.15. The van der Waals surface area contributed by atoms with E-state index in [-0.39, 0.29) is 0 Å². The third kappa shape index (κ3) is 3.02. The molecule has 1 heterocycles. The Morgan fingerprint density at radius 3 is 2.72 bits per heavy atom. The molecule has 1 aromatic rings. The largest absolute Gasteiger partial charge is 0.378 e. The van der Waals surface area contributed by atoms with Crippen LogP contribution < -0.4 is 10.6 Å². The number of aromatic nitrogens is 1. The molecule has 1 aliphatic rings. The Hall–Kier alpha value is -0.650. The minimum Gasteiger partial charge on any atom is -0.378 e. The van der Waals surface area contributed by atoms with E-state index in [2.05, 4.69) is 16.9 Å². The highest BCUT2D eigenvalue weighted by Crippen LogP contribution is 2.31. The molecule has 0 aromatic carbocycles. The summed E-state index contributed by atoms with van der Waals surface area (Å²) >= 11 is 1.71. The number of hydrogen-bond acceptors (Lipinski definition) is 5. The van der Waals surface area contributed by atoms with Crippen molar-refractivity contribution in [1.82, 2.24) is 4.98 Å². The summed E-state index contributed by atoms with van der Waals surface area (Å²) in [7, 11) is 3.86. The maximum Gasteiger partial charge on any atom is 0.185 e. The molecule has 0 atom stereocenters. The van der Waals surface area contributed by atoms with E-state index in [1.54, 1.807) is 18.4 Å². The second-order valence-corrected chi connectivity index (χ2v) is 5.97. The molecule has 0 aliphatic heterocycles. The third-order valence-corrected chi connectivity index (χ3v) is 4.87. The van der Waals surface area contributed by atoms with Crippen LogP contribution in [0.1, 0.15) is 42.7 Å². The zero-order chi connectivity index (χ0) is 13.0. The van der Waals surface area contributed by atoms with E-state index in [4.69, 9.17) is 10.5 Å². The smallest absolute Gasteiger partial charge is 0.185 e. The highest BCUT2D eigenvalue weighted by atomic mass is 32.1. The first-order valence-electron chi connectivity index (χ1n) is 6.66. The van der Waals surface area contributed by atoms with Crippen LogP contribution in [0.3, 0.4) is 0 Å². The molecule has 1 aromatic heterocycles. The quantitative estimate of drug-likeness (QED) is 0.892. The van der Waals surface area contributed by atoms with Crippen molar-refractivity contribution in [3.63, 3.8) is 0 Å². The molecule has 0 amide bonds. The van der Waals surface area contributed by atoms with Gasteiger partial charge in [0.1, 0.15) is 0 Å². The van der Waals surface area contributed by atoms with Gasteiger partial charge in [-0.05, 0) is 12.8 Å². The number of anilines is 1. The summed E-state index contributed by atoms with van der Waals surface area (Å²) in [4.78, 5) is 8.17. The van der Waals surface area contributed by atoms with Crippen molar-refractivity contribution in [2.75, 3.05) is 19.1 Å². The van der Waals surface area contributed by atoms with Gasteiger partial charge in [-0.3, -0.25) is 0 Å². The molecule has 1 saturated carbocycles. The average molecular weight is 269 g/mol. The van der Waals surface area contributed by atoms with Gasteiger partial charge >= 0.3 is 0 Å². The van der Waals surface area contributed by atoms with Crippen molar-refractivity contribution in [3.8, 4) is 0 Å². The normalized spacial score (nSPS) is 17.1. The van der Waals surface area contributed by atoms with E-state index in [1.165, 1.54) is 32.1 Å². The van der Waals surface area contributed by atoms with Crippen molar-refractivity contribution < 1.29 is 4.74 Å². The first-order chi connectivity index (χ1) is 8.76. The Balaban J connectivity index is 2.11. The lowest BCUT2D eigenvalue weighted by Gasteiger charge is -2.30. The molecule has 5 heteroatoms. The van der Waals surface area contributed by atoms with Gasteiger partial charge < -0.3 is 15.4 Å². The first-order valence-corrected chi connectivity index (χ1v) is 7.48. The zero-order valence-electron chi connectivity index (χ0n) is 11.3. The van der Waals surface area contributed by atoms with Gasteiger partial charge in [-0.1, -0.05) is 19.3 Å². The molecule has 0 unspecified atom stereocenters. The molecule has 1 aliphatic carbocycles. The molecule has 18 heavy (non-hydrogen) atoms. The van der Waals surface area contributed by atoms with Crippen LogP contribution in [-0.2, 0) is 17.9 Å². The van der Waals surface area contributed by atoms with Crippen molar-refractivity contribution in [3.05, 3.63) is 10.6 Å². The molecule has 2 N–H and O–H groups in total. The number of rotatable bonds is 5. The van der Waals surface area contributed by atoms with Crippen molar-refractivity contribution in [2.45, 2.75) is 51.3 Å². The van der Waals surface area contributed by atoms with E-state index in [1.807, 2.05) is 0 Å². The number of methoxy groups -OCH3 is 1. The summed E-state index contributed by atoms with van der Waals surface area (Å²) in [5, 5.41) is 1.09. The van der Waals surface area contributed by atoms with E-state index < -0.39 is 0 Å². The minimum absolute atomic E-state index is 0.550. The topological polar surface area (TPSA) is 51.4 Å². The Bertz CT molecular complexity index is 374. The number of ether oxygens (including phenoxy) is 1. The van der Waals surface area contributed by atoms with Gasteiger partial charge in [-0.2, -0.15) is 0 Å². The van der Waals surface area contributed by atoms with Gasteiger partial charge in [0.25, 0.3) is 0 Å². The maximum absolute atomic E-state index is 5.77. The Labute approximate surface area is 113 Å². The molecular formula is C13H23N3OS. The van der Waals surface area contributed by atoms with Gasteiger partial charge in [0.15, 0.2) is 5.13 Å². The fourth-order valence-corrected chi connectivity index (χ4v) is 3.53. The van der Waals surface area contributed by atoms with Crippen LogP contribution in [0.2, 0.25) is 0 Å². The van der Waals surface area contributed by atoms with Gasteiger partial charge in [-0.25, -0.2) is 4.98 Å². The fourth-order valence-electron chi connectivity index (χ4n) is 2.55. The van der Waals surface area contributed by atoms with Gasteiger partial charge in [0.05, 0.1) is 12.3 Å². The van der Waals surface area contributed by atoms with Crippen LogP contribution in [0.5, 0.6) is 0 Å². The standard InChI is InChI=1S/C13H23N3OS/c1-16(10-6-4-3-5-7-10)13-15-11(9-17-2)12(8-14)18-13/h10H,3-9,14H2,1-2H3. The molecule has 102 valence electrons. The first kappa shape index (κ1) is 13.8. The SMILES string of the molecule is COCc1nc(N(C)C2CCCCC2)sc1CN. The lowest BCUT2D eigenvalue weighted by atomic mass is 9.95. The van der Waals surface area contributed by atoms with Crippen LogP contribution in [0.15, 0.2) is 0 Å². The van der Waals surface area contributed by atoms with Crippen molar-refractivity contribution in [2.24, 2.45) is 5.73 Å². The van der Waals surface area contributed by atoms with Gasteiger partial charge in [0, 0.05) is 31.6 Å². The van der Waals surface area contributed by atoms with E-state index in [0.717, 1.165) is 15.7 Å². The fraction of sp³-hybridized carbons (Fsp3) is 0.769. The summed E-state index contributed by atoms with van der Waals surface area (Å²) in [5.74, 6) is 0. The average Bonchev–Trinajstić information content (AvgIpc) is 2.82. The predicted molar refractivity (Wildman–Crippen MR) is 76.0 cm³/mol. The predicted octanol–water partition coefficient (Wildman–Crippen LogP) is 2.52. The Morgan fingerprint density at radius 2 is 2.11 bits per heavy atom. The Morgan fingerprint density at radius 1 is 1.39 bits per heavy atom. The molecule has 0 spiro atoms. The van der Waals surface area contributed by atoms with Gasteiger partial charge in [0.2, 0.25) is 0 Å². The van der Waals surface area contributed by atoms with Crippen molar-refractivity contribution in [1.29, 1.82) is 0 Å². The van der Waals surface area contributed by atoms with Crippen LogP contribution in [-0.4, -0.2) is 25.2 Å². The Kier molecular flexibility index (Phi) is 4.97. The monoisotopic (exact) mass is 269 g/mol. The molecule has 0 saturated heterocycles. The van der Waals surface area contributed by atoms with E-state index in [0.29, 0.717) is 19.2 Å². The van der Waals surface area contributed by atoms with E-state index >= 15 is 0 Å². The molecule has 1 fully saturated rings. The number of thiazole rings is 1. The molecule has 4 nitrogen and oxygen atoms in total. The summed E-state index contributed by atoms with van der Waals surface area (Å²) in [6.45, 7) is 1.11. The summed E-state index contributed by atoms with van der Waals surface area (Å²) in [6, 6.07) is 0.644. The van der Waals surface area contributed by atoms with Crippen LogP contribution in [0.25, 0.3) is 0 Å². The van der Waals surface area contributed by atoms with Crippen LogP contribution in [0, 0.1) is 0 Å². The second kappa shape index (κ2) is 6.50. The van der Waals surface area contributed by atoms with E-state index in [9.17, 15) is 0 Å². The number of hydrogen-bond donors (Lipinski definition) is 1. The van der Waals surface area contributed by atoms with Crippen LogP contribution >= 0.6 is 11.3 Å². The maximum atomic E-state index is 5.77.